The Labute approximate surface area is 151 Å². The minimum atomic E-state index is -0.226. The zero-order valence-electron chi connectivity index (χ0n) is 14.9. The fraction of sp³-hybridized carbons (Fsp3) is 0.190. The molecule has 1 heterocycles. The summed E-state index contributed by atoms with van der Waals surface area (Å²) >= 11 is 0. The second-order valence-corrected chi connectivity index (χ2v) is 5.53. The van der Waals surface area contributed by atoms with Crippen LogP contribution in [0.1, 0.15) is 23.0 Å². The van der Waals surface area contributed by atoms with E-state index in [1.807, 2.05) is 37.3 Å². The molecule has 0 saturated carbocycles. The number of fused-ring (bicyclic) bond motifs is 1. The molecular formula is C21H20O5. The van der Waals surface area contributed by atoms with Gasteiger partial charge in [-0.1, -0.05) is 24.3 Å². The van der Waals surface area contributed by atoms with Crippen LogP contribution < -0.4 is 14.2 Å². The number of carbonyl (C=O) groups is 1. The van der Waals surface area contributed by atoms with Crippen LogP contribution in [0.4, 0.5) is 0 Å². The number of rotatable bonds is 7. The summed E-state index contributed by atoms with van der Waals surface area (Å²) in [4.78, 5) is 12.4. The highest BCUT2D eigenvalue weighted by Gasteiger charge is 2.13. The SMILES string of the molecule is CCOc1ccc(/C=C/C(=O)c2cc3cccc(OC)c3o2)cc1OC. The van der Waals surface area contributed by atoms with Gasteiger partial charge in [0.2, 0.25) is 5.78 Å². The Kier molecular flexibility index (Phi) is 5.27. The van der Waals surface area contributed by atoms with Crippen LogP contribution in [0.15, 0.2) is 53.0 Å². The maximum Gasteiger partial charge on any atom is 0.221 e. The fourth-order valence-corrected chi connectivity index (χ4v) is 2.64. The van der Waals surface area contributed by atoms with Crippen LogP contribution in [0, 0.1) is 0 Å². The van der Waals surface area contributed by atoms with Gasteiger partial charge in [-0.3, -0.25) is 4.79 Å². The standard InChI is InChI=1S/C21H20O5/c1-4-25-17-11-9-14(12-20(17)24-3)8-10-16(22)19-13-15-6-5-7-18(23-2)21(15)26-19/h5-13H,4H2,1-3H3/b10-8+. The molecule has 26 heavy (non-hydrogen) atoms. The van der Waals surface area contributed by atoms with Crippen LogP contribution in [-0.2, 0) is 0 Å². The Morgan fingerprint density at radius 3 is 2.58 bits per heavy atom. The van der Waals surface area contributed by atoms with Crippen LogP contribution in [0.3, 0.4) is 0 Å². The lowest BCUT2D eigenvalue weighted by Gasteiger charge is -2.09. The molecule has 2 aromatic carbocycles. The summed E-state index contributed by atoms with van der Waals surface area (Å²) in [6, 6.07) is 12.7. The molecule has 0 amide bonds. The van der Waals surface area contributed by atoms with E-state index >= 15 is 0 Å². The quantitative estimate of drug-likeness (QED) is 0.454. The summed E-state index contributed by atoms with van der Waals surface area (Å²) < 4.78 is 21.7. The first-order valence-electron chi connectivity index (χ1n) is 8.26. The molecule has 0 bridgehead atoms. The molecule has 0 spiro atoms. The van der Waals surface area contributed by atoms with Gasteiger partial charge in [-0.05, 0) is 42.8 Å². The second-order valence-electron chi connectivity index (χ2n) is 5.53. The number of ether oxygens (including phenoxy) is 3. The molecule has 3 aromatic rings. The molecule has 0 atom stereocenters. The van der Waals surface area contributed by atoms with Crippen molar-refractivity contribution in [3.8, 4) is 17.2 Å². The van der Waals surface area contributed by atoms with Gasteiger partial charge in [0, 0.05) is 5.39 Å². The van der Waals surface area contributed by atoms with Crippen LogP contribution >= 0.6 is 0 Å². The number of hydrogen-bond acceptors (Lipinski definition) is 5. The Hall–Kier alpha value is -3.21. The normalized spacial score (nSPS) is 11.0. The molecule has 5 nitrogen and oxygen atoms in total. The zero-order valence-corrected chi connectivity index (χ0v) is 14.9. The molecule has 0 aliphatic carbocycles. The van der Waals surface area contributed by atoms with Gasteiger partial charge in [0.25, 0.3) is 0 Å². The van der Waals surface area contributed by atoms with Crippen LogP contribution in [0.2, 0.25) is 0 Å². The smallest absolute Gasteiger partial charge is 0.221 e. The van der Waals surface area contributed by atoms with Crippen molar-refractivity contribution in [2.75, 3.05) is 20.8 Å². The van der Waals surface area contributed by atoms with E-state index in [1.54, 1.807) is 32.4 Å². The monoisotopic (exact) mass is 352 g/mol. The Balaban J connectivity index is 1.83. The summed E-state index contributed by atoms with van der Waals surface area (Å²) in [5, 5.41) is 0.823. The van der Waals surface area contributed by atoms with Gasteiger partial charge < -0.3 is 18.6 Å². The number of ketones is 1. The average Bonchev–Trinajstić information content (AvgIpc) is 3.11. The van der Waals surface area contributed by atoms with Gasteiger partial charge in [0.1, 0.15) is 0 Å². The number of benzene rings is 2. The molecule has 3 rings (SSSR count). The van der Waals surface area contributed by atoms with Gasteiger partial charge in [-0.15, -0.1) is 0 Å². The molecule has 0 fully saturated rings. The minimum Gasteiger partial charge on any atom is -0.493 e. The van der Waals surface area contributed by atoms with Crippen molar-refractivity contribution in [1.29, 1.82) is 0 Å². The average molecular weight is 352 g/mol. The second kappa shape index (κ2) is 7.78. The lowest BCUT2D eigenvalue weighted by atomic mass is 10.1. The molecule has 0 aliphatic rings. The van der Waals surface area contributed by atoms with Crippen molar-refractivity contribution < 1.29 is 23.4 Å². The maximum absolute atomic E-state index is 12.4. The Morgan fingerprint density at radius 2 is 1.85 bits per heavy atom. The van der Waals surface area contributed by atoms with Crippen molar-refractivity contribution in [1.82, 2.24) is 0 Å². The van der Waals surface area contributed by atoms with E-state index in [0.717, 1.165) is 10.9 Å². The molecule has 0 saturated heterocycles. The van der Waals surface area contributed by atoms with Crippen LogP contribution in [0.5, 0.6) is 17.2 Å². The predicted octanol–water partition coefficient (Wildman–Crippen LogP) is 4.74. The third-order valence-electron chi connectivity index (χ3n) is 3.89. The van der Waals surface area contributed by atoms with Gasteiger partial charge in [0.05, 0.1) is 20.8 Å². The van der Waals surface area contributed by atoms with E-state index in [4.69, 9.17) is 18.6 Å². The van der Waals surface area contributed by atoms with E-state index < -0.39 is 0 Å². The fourth-order valence-electron chi connectivity index (χ4n) is 2.64. The molecule has 5 heteroatoms. The third-order valence-corrected chi connectivity index (χ3v) is 3.89. The number of methoxy groups -OCH3 is 2. The highest BCUT2D eigenvalue weighted by Crippen LogP contribution is 2.30. The molecule has 0 unspecified atom stereocenters. The number of hydrogen-bond donors (Lipinski definition) is 0. The van der Waals surface area contributed by atoms with Crippen LogP contribution in [-0.4, -0.2) is 26.6 Å². The van der Waals surface area contributed by atoms with E-state index in [0.29, 0.717) is 29.4 Å². The largest absolute Gasteiger partial charge is 0.493 e. The van der Waals surface area contributed by atoms with E-state index in [-0.39, 0.29) is 11.5 Å². The van der Waals surface area contributed by atoms with Gasteiger partial charge in [0.15, 0.2) is 28.6 Å². The van der Waals surface area contributed by atoms with E-state index in [2.05, 4.69) is 0 Å². The van der Waals surface area contributed by atoms with Crippen molar-refractivity contribution in [2.24, 2.45) is 0 Å². The van der Waals surface area contributed by atoms with Crippen molar-refractivity contribution in [3.05, 3.63) is 59.9 Å². The number of para-hydroxylation sites is 1. The first-order valence-corrected chi connectivity index (χ1v) is 8.26. The van der Waals surface area contributed by atoms with Crippen molar-refractivity contribution >= 4 is 22.8 Å². The molecular weight excluding hydrogens is 332 g/mol. The highest BCUT2D eigenvalue weighted by atomic mass is 16.5. The number of carbonyl (C=O) groups excluding carboxylic acids is 1. The third kappa shape index (κ3) is 3.57. The van der Waals surface area contributed by atoms with E-state index in [1.165, 1.54) is 6.08 Å². The Bertz CT molecular complexity index is 952. The first kappa shape index (κ1) is 17.6. The molecule has 0 radical (unpaired) electrons. The molecule has 134 valence electrons. The Morgan fingerprint density at radius 1 is 1.04 bits per heavy atom. The number of allylic oxidation sites excluding steroid dienone is 1. The maximum atomic E-state index is 12.4. The predicted molar refractivity (Wildman–Crippen MR) is 100 cm³/mol. The molecule has 1 aromatic heterocycles. The van der Waals surface area contributed by atoms with Gasteiger partial charge in [-0.25, -0.2) is 0 Å². The molecule has 0 aliphatic heterocycles. The summed E-state index contributed by atoms with van der Waals surface area (Å²) in [6.45, 7) is 2.47. The first-order chi connectivity index (χ1) is 12.7. The zero-order chi connectivity index (χ0) is 18.5. The minimum absolute atomic E-state index is 0.226. The van der Waals surface area contributed by atoms with Crippen LogP contribution in [0.25, 0.3) is 17.0 Å². The summed E-state index contributed by atoms with van der Waals surface area (Å²) in [6.07, 6.45) is 3.18. The van der Waals surface area contributed by atoms with Crippen molar-refractivity contribution in [3.63, 3.8) is 0 Å². The van der Waals surface area contributed by atoms with Gasteiger partial charge in [-0.2, -0.15) is 0 Å². The highest BCUT2D eigenvalue weighted by molar-refractivity contribution is 6.07. The molecule has 0 N–H and O–H groups in total. The lowest BCUT2D eigenvalue weighted by molar-refractivity contribution is 0.102. The topological polar surface area (TPSA) is 57.9 Å². The van der Waals surface area contributed by atoms with Gasteiger partial charge >= 0.3 is 0 Å². The summed E-state index contributed by atoms with van der Waals surface area (Å²) in [5.74, 6) is 1.93. The van der Waals surface area contributed by atoms with E-state index in [9.17, 15) is 4.79 Å². The lowest BCUT2D eigenvalue weighted by Crippen LogP contribution is -1.95. The summed E-state index contributed by atoms with van der Waals surface area (Å²) in [5.41, 5.74) is 1.39. The summed E-state index contributed by atoms with van der Waals surface area (Å²) in [7, 11) is 3.15. The number of furan rings is 1. The van der Waals surface area contributed by atoms with Crippen molar-refractivity contribution in [2.45, 2.75) is 6.92 Å².